The largest absolute Gasteiger partial charge is 0.248 e. The highest BCUT2D eigenvalue weighted by atomic mass is 32.2. The zero-order chi connectivity index (χ0) is 9.35. The highest BCUT2D eigenvalue weighted by Gasteiger charge is 2.11. The molecule has 0 unspecified atom stereocenters. The van der Waals surface area contributed by atoms with Gasteiger partial charge in [-0.3, -0.25) is 0 Å². The van der Waals surface area contributed by atoms with E-state index in [1.807, 2.05) is 0 Å². The summed E-state index contributed by atoms with van der Waals surface area (Å²) >= 11 is 0. The summed E-state index contributed by atoms with van der Waals surface area (Å²) < 4.78 is 45.6. The average molecular weight is 194 g/mol. The van der Waals surface area contributed by atoms with Crippen molar-refractivity contribution in [3.05, 3.63) is 24.0 Å². The second kappa shape index (κ2) is 2.76. The summed E-state index contributed by atoms with van der Waals surface area (Å²) in [5.74, 6) is -2.70. The van der Waals surface area contributed by atoms with Crippen LogP contribution in [0.3, 0.4) is 0 Å². The van der Waals surface area contributed by atoms with Gasteiger partial charge in [0.25, 0.3) is 0 Å². The van der Waals surface area contributed by atoms with E-state index in [1.165, 1.54) is 0 Å². The Morgan fingerprint density at radius 1 is 1.42 bits per heavy atom. The fraction of sp³-hybridized carbons (Fsp3) is 0. The van der Waals surface area contributed by atoms with Crippen LogP contribution in [0.2, 0.25) is 0 Å². The molecule has 1 rings (SSSR count). The van der Waals surface area contributed by atoms with Crippen LogP contribution >= 0.6 is 0 Å². The lowest BCUT2D eigenvalue weighted by atomic mass is 10.5. The van der Waals surface area contributed by atoms with Gasteiger partial charge in [0.2, 0.25) is 16.0 Å². The quantitative estimate of drug-likeness (QED) is 0.640. The number of primary sulfonamides is 1. The molecule has 0 atom stereocenters. The molecule has 0 bridgehead atoms. The molecule has 0 radical (unpaired) electrons. The normalized spacial score (nSPS) is 11.6. The molecule has 0 saturated carbocycles. The van der Waals surface area contributed by atoms with Crippen LogP contribution in [0.5, 0.6) is 0 Å². The molecule has 1 aromatic rings. The van der Waals surface area contributed by atoms with Crippen molar-refractivity contribution in [2.24, 2.45) is 5.14 Å². The van der Waals surface area contributed by atoms with Crippen LogP contribution in [-0.2, 0) is 10.0 Å². The third-order valence-electron chi connectivity index (χ3n) is 1.10. The van der Waals surface area contributed by atoms with Crippen LogP contribution in [-0.4, -0.2) is 13.4 Å². The Morgan fingerprint density at radius 3 is 2.42 bits per heavy atom. The molecule has 0 aliphatic carbocycles. The predicted molar refractivity (Wildman–Crippen MR) is 35.5 cm³/mol. The number of nitrogens with zero attached hydrogens (tertiary/aromatic N) is 1. The van der Waals surface area contributed by atoms with Gasteiger partial charge in [0.05, 0.1) is 6.20 Å². The summed E-state index contributed by atoms with van der Waals surface area (Å²) in [5, 5.41) is 4.62. The topological polar surface area (TPSA) is 73.1 Å². The minimum absolute atomic E-state index is 0.470. The SMILES string of the molecule is NS(=O)(=O)c1cnc(F)c(F)c1. The molecule has 0 aliphatic rings. The number of hydrogen-bond donors (Lipinski definition) is 1. The molecule has 2 N–H and O–H groups in total. The molecule has 66 valence electrons. The van der Waals surface area contributed by atoms with Gasteiger partial charge in [-0.2, -0.15) is 4.39 Å². The van der Waals surface area contributed by atoms with Crippen molar-refractivity contribution in [3.63, 3.8) is 0 Å². The number of hydrogen-bond acceptors (Lipinski definition) is 3. The summed E-state index contributed by atoms with van der Waals surface area (Å²) in [7, 11) is -4.01. The highest BCUT2D eigenvalue weighted by molar-refractivity contribution is 7.89. The van der Waals surface area contributed by atoms with E-state index < -0.39 is 26.7 Å². The minimum atomic E-state index is -4.01. The molecular weight excluding hydrogens is 190 g/mol. The molecule has 0 aliphatic heterocycles. The van der Waals surface area contributed by atoms with Gasteiger partial charge in [-0.25, -0.2) is 22.9 Å². The number of pyridine rings is 1. The molecular formula is C5H4F2N2O2S. The van der Waals surface area contributed by atoms with E-state index in [2.05, 4.69) is 10.1 Å². The van der Waals surface area contributed by atoms with E-state index >= 15 is 0 Å². The number of aromatic nitrogens is 1. The molecule has 12 heavy (non-hydrogen) atoms. The van der Waals surface area contributed by atoms with Gasteiger partial charge in [-0.15, -0.1) is 0 Å². The Bertz CT molecular complexity index is 404. The van der Waals surface area contributed by atoms with Gasteiger partial charge in [-0.1, -0.05) is 0 Å². The summed E-state index contributed by atoms with van der Waals surface area (Å²) in [4.78, 5) is 2.29. The Balaban J connectivity index is 3.33. The maximum Gasteiger partial charge on any atom is 0.248 e. The van der Waals surface area contributed by atoms with E-state index in [9.17, 15) is 17.2 Å². The third-order valence-corrected chi connectivity index (χ3v) is 1.98. The van der Waals surface area contributed by atoms with Crippen LogP contribution in [0, 0.1) is 11.8 Å². The lowest BCUT2D eigenvalue weighted by Gasteiger charge is -1.96. The van der Waals surface area contributed by atoms with Crippen LogP contribution in [0.1, 0.15) is 0 Å². The number of nitrogens with two attached hydrogens (primary N) is 1. The van der Waals surface area contributed by atoms with Gasteiger partial charge >= 0.3 is 0 Å². The fourth-order valence-corrected chi connectivity index (χ4v) is 1.03. The number of sulfonamides is 1. The molecule has 7 heteroatoms. The van der Waals surface area contributed by atoms with Crippen molar-refractivity contribution >= 4 is 10.0 Å². The smallest absolute Gasteiger partial charge is 0.225 e. The maximum atomic E-state index is 12.4. The molecule has 4 nitrogen and oxygen atoms in total. The Morgan fingerprint density at radius 2 is 2.00 bits per heavy atom. The maximum absolute atomic E-state index is 12.4. The lowest BCUT2D eigenvalue weighted by molar-refractivity contribution is 0.474. The van der Waals surface area contributed by atoms with Gasteiger partial charge in [0, 0.05) is 6.07 Å². The fourth-order valence-electron chi connectivity index (χ4n) is 0.559. The van der Waals surface area contributed by atoms with Gasteiger partial charge in [0.15, 0.2) is 5.82 Å². The van der Waals surface area contributed by atoms with Crippen LogP contribution in [0.25, 0.3) is 0 Å². The molecule has 1 heterocycles. The van der Waals surface area contributed by atoms with E-state index in [1.54, 1.807) is 0 Å². The summed E-state index contributed by atoms with van der Waals surface area (Å²) in [5.41, 5.74) is 0. The van der Waals surface area contributed by atoms with Crippen molar-refractivity contribution in [3.8, 4) is 0 Å². The summed E-state index contributed by atoms with van der Waals surface area (Å²) in [6, 6.07) is 0.470. The first-order chi connectivity index (χ1) is 5.41. The molecule has 0 saturated heterocycles. The highest BCUT2D eigenvalue weighted by Crippen LogP contribution is 2.08. The van der Waals surface area contributed by atoms with Crippen LogP contribution in [0.4, 0.5) is 8.78 Å². The van der Waals surface area contributed by atoms with E-state index in [-0.39, 0.29) is 0 Å². The van der Waals surface area contributed by atoms with Gasteiger partial charge in [-0.05, 0) is 0 Å². The molecule has 0 aromatic carbocycles. The molecule has 1 aromatic heterocycles. The second-order valence-electron chi connectivity index (χ2n) is 1.99. The second-order valence-corrected chi connectivity index (χ2v) is 3.55. The average Bonchev–Trinajstić information content (AvgIpc) is 1.92. The molecule has 0 spiro atoms. The Kier molecular flexibility index (Phi) is 2.07. The summed E-state index contributed by atoms with van der Waals surface area (Å²) in [6.45, 7) is 0. The van der Waals surface area contributed by atoms with E-state index in [4.69, 9.17) is 0 Å². The summed E-state index contributed by atoms with van der Waals surface area (Å²) in [6.07, 6.45) is 0.647. The standard InChI is InChI=1S/C5H4F2N2O2S/c6-4-1-3(12(8,10)11)2-9-5(4)7/h1-2H,(H2,8,10,11). The molecule has 0 fully saturated rings. The van der Waals surface area contributed by atoms with Crippen molar-refractivity contribution in [2.45, 2.75) is 4.90 Å². The van der Waals surface area contributed by atoms with Crippen molar-refractivity contribution < 1.29 is 17.2 Å². The third kappa shape index (κ3) is 1.74. The predicted octanol–water partition coefficient (Wildman–Crippen LogP) is 0.00720. The number of halogens is 2. The number of rotatable bonds is 1. The van der Waals surface area contributed by atoms with E-state index in [0.29, 0.717) is 12.3 Å². The van der Waals surface area contributed by atoms with Crippen LogP contribution < -0.4 is 5.14 Å². The first-order valence-corrected chi connectivity index (χ1v) is 4.30. The van der Waals surface area contributed by atoms with Crippen molar-refractivity contribution in [1.82, 2.24) is 4.98 Å². The Hall–Kier alpha value is -1.08. The van der Waals surface area contributed by atoms with Gasteiger partial charge < -0.3 is 0 Å². The van der Waals surface area contributed by atoms with Crippen molar-refractivity contribution in [2.75, 3.05) is 0 Å². The lowest BCUT2D eigenvalue weighted by Crippen LogP contribution is -2.13. The van der Waals surface area contributed by atoms with E-state index in [0.717, 1.165) is 0 Å². The van der Waals surface area contributed by atoms with Crippen LogP contribution in [0.15, 0.2) is 17.2 Å². The first-order valence-electron chi connectivity index (χ1n) is 2.75. The zero-order valence-electron chi connectivity index (χ0n) is 5.66. The monoisotopic (exact) mass is 194 g/mol. The molecule has 0 amide bonds. The minimum Gasteiger partial charge on any atom is -0.225 e. The first kappa shape index (κ1) is 9.01. The van der Waals surface area contributed by atoms with Gasteiger partial charge in [0.1, 0.15) is 4.90 Å². The Labute approximate surface area is 67.1 Å². The van der Waals surface area contributed by atoms with Crippen molar-refractivity contribution in [1.29, 1.82) is 0 Å². The zero-order valence-corrected chi connectivity index (χ0v) is 6.48.